The molecule has 0 spiro atoms. The van der Waals surface area contributed by atoms with Gasteiger partial charge in [0.2, 0.25) is 0 Å². The Morgan fingerprint density at radius 2 is 2.00 bits per heavy atom. The van der Waals surface area contributed by atoms with Crippen LogP contribution in [0.2, 0.25) is 0 Å². The zero-order chi connectivity index (χ0) is 19.8. The Bertz CT molecular complexity index is 1030. The summed E-state index contributed by atoms with van der Waals surface area (Å²) in [6.45, 7) is 7.29. The molecular weight excluding hydrogens is 353 g/mol. The van der Waals surface area contributed by atoms with Gasteiger partial charge in [0.15, 0.2) is 5.76 Å². The highest BCUT2D eigenvalue weighted by Crippen LogP contribution is 2.39. The summed E-state index contributed by atoms with van der Waals surface area (Å²) in [5.41, 5.74) is 1.89. The van der Waals surface area contributed by atoms with Crippen molar-refractivity contribution in [3.05, 3.63) is 71.6 Å². The summed E-state index contributed by atoms with van der Waals surface area (Å²) in [5, 5.41) is 9.45. The van der Waals surface area contributed by atoms with Gasteiger partial charge in [-0.3, -0.25) is 0 Å². The lowest BCUT2D eigenvalue weighted by atomic mass is 10.0. The first-order chi connectivity index (χ1) is 12.8. The Kier molecular flexibility index (Phi) is 4.71. The molecule has 0 unspecified atom stereocenters. The Morgan fingerprint density at radius 1 is 1.26 bits per heavy atom. The lowest BCUT2D eigenvalue weighted by Crippen LogP contribution is -2.10. The van der Waals surface area contributed by atoms with Gasteiger partial charge in [-0.25, -0.2) is 0 Å². The van der Waals surface area contributed by atoms with E-state index in [1.165, 1.54) is 10.8 Å². The molecule has 0 fully saturated rings. The molecule has 2 aromatic heterocycles. The predicted octanol–water partition coefficient (Wildman–Crippen LogP) is 6.22. The third kappa shape index (κ3) is 3.28. The van der Waals surface area contributed by atoms with Crippen molar-refractivity contribution in [2.24, 2.45) is 0 Å². The molecule has 1 aromatic carbocycles. The normalized spacial score (nSPS) is 11.4. The van der Waals surface area contributed by atoms with Crippen LogP contribution in [0, 0.1) is 11.3 Å². The molecule has 0 bridgehead atoms. The van der Waals surface area contributed by atoms with Crippen molar-refractivity contribution < 1.29 is 17.6 Å². The maximum Gasteiger partial charge on any atom is 0.418 e. The zero-order valence-electron chi connectivity index (χ0n) is 14.9. The number of aromatic nitrogens is 1. The van der Waals surface area contributed by atoms with Crippen molar-refractivity contribution >= 4 is 5.57 Å². The summed E-state index contributed by atoms with van der Waals surface area (Å²) in [6, 6.07) is 11.4. The van der Waals surface area contributed by atoms with Crippen molar-refractivity contribution in [1.82, 2.24) is 4.57 Å². The minimum absolute atomic E-state index is 0.112. The fourth-order valence-electron chi connectivity index (χ4n) is 3.18. The predicted molar refractivity (Wildman–Crippen MR) is 97.3 cm³/mol. The molecule has 0 N–H and O–H groups in total. The number of furan rings is 1. The third-order valence-electron chi connectivity index (χ3n) is 4.36. The molecule has 0 saturated heterocycles. The summed E-state index contributed by atoms with van der Waals surface area (Å²) >= 11 is 0. The molecule has 2 heterocycles. The van der Waals surface area contributed by atoms with Crippen molar-refractivity contribution in [2.45, 2.75) is 26.4 Å². The first-order valence-corrected chi connectivity index (χ1v) is 8.34. The summed E-state index contributed by atoms with van der Waals surface area (Å²) < 4.78 is 47.6. The molecule has 0 aliphatic heterocycles. The van der Waals surface area contributed by atoms with E-state index < -0.39 is 11.7 Å². The molecule has 0 saturated carbocycles. The number of alkyl halides is 3. The molecule has 3 aromatic rings. The second-order valence-electron chi connectivity index (χ2n) is 6.18. The number of halogens is 3. The number of benzene rings is 1. The van der Waals surface area contributed by atoms with Gasteiger partial charge < -0.3 is 8.98 Å². The maximum absolute atomic E-state index is 13.6. The van der Waals surface area contributed by atoms with Crippen LogP contribution in [-0.2, 0) is 12.6 Å². The van der Waals surface area contributed by atoms with E-state index in [2.05, 4.69) is 12.6 Å². The molecule has 6 heteroatoms. The quantitative estimate of drug-likeness (QED) is 0.547. The minimum Gasteiger partial charge on any atom is -0.463 e. The Hall–Kier alpha value is -3.20. The topological polar surface area (TPSA) is 41.9 Å². The lowest BCUT2D eigenvalue weighted by Gasteiger charge is -2.15. The highest BCUT2D eigenvalue weighted by molar-refractivity contribution is 5.70. The summed E-state index contributed by atoms with van der Waals surface area (Å²) in [6.07, 6.45) is -2.91. The number of hydrogen-bond acceptors (Lipinski definition) is 2. The van der Waals surface area contributed by atoms with Crippen LogP contribution in [0.25, 0.3) is 22.7 Å². The van der Waals surface area contributed by atoms with E-state index in [4.69, 9.17) is 4.42 Å². The van der Waals surface area contributed by atoms with Crippen LogP contribution in [0.15, 0.2) is 53.7 Å². The van der Waals surface area contributed by atoms with Crippen LogP contribution in [0.3, 0.4) is 0 Å². The summed E-state index contributed by atoms with van der Waals surface area (Å²) in [5.74, 6) is 0.322. The van der Waals surface area contributed by atoms with Gasteiger partial charge in [-0.2, -0.15) is 18.4 Å². The van der Waals surface area contributed by atoms with Gasteiger partial charge in [-0.15, -0.1) is 0 Å². The monoisotopic (exact) mass is 370 g/mol. The van der Waals surface area contributed by atoms with Crippen molar-refractivity contribution in [2.75, 3.05) is 0 Å². The van der Waals surface area contributed by atoms with Crippen LogP contribution < -0.4 is 0 Å². The molecule has 0 radical (unpaired) electrons. The summed E-state index contributed by atoms with van der Waals surface area (Å²) in [7, 11) is 0. The van der Waals surface area contributed by atoms with E-state index >= 15 is 0 Å². The van der Waals surface area contributed by atoms with Crippen molar-refractivity contribution in [3.8, 4) is 23.2 Å². The van der Waals surface area contributed by atoms with Gasteiger partial charge in [0.05, 0.1) is 29.2 Å². The molecule has 0 aliphatic carbocycles. The molecule has 3 nitrogen and oxygen atoms in total. The fraction of sp³-hybridized carbons (Fsp3) is 0.190. The average Bonchev–Trinajstić information content (AvgIpc) is 3.27. The molecule has 138 valence electrons. The number of nitriles is 1. The van der Waals surface area contributed by atoms with Gasteiger partial charge in [-0.05, 0) is 54.8 Å². The molecule has 0 amide bonds. The third-order valence-corrected chi connectivity index (χ3v) is 4.36. The first-order valence-electron chi connectivity index (χ1n) is 8.34. The maximum atomic E-state index is 13.6. The molecule has 0 aliphatic rings. The zero-order valence-corrected chi connectivity index (χ0v) is 14.9. The Balaban J connectivity index is 2.34. The van der Waals surface area contributed by atoms with Crippen LogP contribution >= 0.6 is 0 Å². The largest absolute Gasteiger partial charge is 0.463 e. The van der Waals surface area contributed by atoms with Crippen molar-refractivity contribution in [1.29, 1.82) is 5.26 Å². The van der Waals surface area contributed by atoms with E-state index in [1.54, 1.807) is 44.2 Å². The number of rotatable bonds is 4. The smallest absolute Gasteiger partial charge is 0.418 e. The molecule has 0 atom stereocenters. The van der Waals surface area contributed by atoms with E-state index in [0.717, 1.165) is 6.07 Å². The van der Waals surface area contributed by atoms with Crippen LogP contribution in [-0.4, -0.2) is 4.57 Å². The number of allylic oxidation sites excluding steroid dienone is 1. The fourth-order valence-corrected chi connectivity index (χ4v) is 3.18. The Labute approximate surface area is 155 Å². The second-order valence-corrected chi connectivity index (χ2v) is 6.18. The van der Waals surface area contributed by atoms with E-state index in [9.17, 15) is 18.4 Å². The highest BCUT2D eigenvalue weighted by atomic mass is 19.4. The van der Waals surface area contributed by atoms with E-state index in [-0.39, 0.29) is 17.8 Å². The summed E-state index contributed by atoms with van der Waals surface area (Å²) in [4.78, 5) is 0. The SMILES string of the molecule is C=C(C)c1ccc(-n2c(-c3ccco3)cc(C(F)(F)F)c2CC)cc1C#N. The van der Waals surface area contributed by atoms with Crippen LogP contribution in [0.1, 0.15) is 36.2 Å². The van der Waals surface area contributed by atoms with E-state index in [0.29, 0.717) is 28.1 Å². The second kappa shape index (κ2) is 6.84. The van der Waals surface area contributed by atoms with Gasteiger partial charge >= 0.3 is 6.18 Å². The van der Waals surface area contributed by atoms with Crippen LogP contribution in [0.5, 0.6) is 0 Å². The minimum atomic E-state index is -4.49. The number of hydrogen-bond donors (Lipinski definition) is 0. The van der Waals surface area contributed by atoms with Gasteiger partial charge in [-0.1, -0.05) is 19.6 Å². The standard InChI is InChI=1S/C21H17F3N2O/c1-4-18-17(21(22,23)24)11-19(20-6-5-9-27-20)26(18)15-7-8-16(13(2)3)14(10-15)12-25/h5-11H,2,4H2,1,3H3. The van der Waals surface area contributed by atoms with Crippen molar-refractivity contribution in [3.63, 3.8) is 0 Å². The number of nitrogens with zero attached hydrogens (tertiary/aromatic N) is 2. The molecule has 27 heavy (non-hydrogen) atoms. The highest BCUT2D eigenvalue weighted by Gasteiger charge is 2.37. The molecular formula is C21H17F3N2O. The first kappa shape index (κ1) is 18.6. The lowest BCUT2D eigenvalue weighted by molar-refractivity contribution is -0.138. The van der Waals surface area contributed by atoms with Gasteiger partial charge in [0, 0.05) is 11.4 Å². The van der Waals surface area contributed by atoms with Gasteiger partial charge in [0.25, 0.3) is 0 Å². The Morgan fingerprint density at radius 3 is 2.52 bits per heavy atom. The average molecular weight is 370 g/mol. The van der Waals surface area contributed by atoms with E-state index in [1.807, 2.05) is 0 Å². The van der Waals surface area contributed by atoms with Gasteiger partial charge in [0.1, 0.15) is 0 Å². The van der Waals surface area contributed by atoms with Crippen LogP contribution in [0.4, 0.5) is 13.2 Å². The molecule has 3 rings (SSSR count).